The number of aromatic carboxylic acids is 1. The number of carboxylic acid groups (broad SMARTS) is 1. The molecular formula is C24H22N2O4. The van der Waals surface area contributed by atoms with E-state index in [9.17, 15) is 9.90 Å². The van der Waals surface area contributed by atoms with E-state index in [2.05, 4.69) is 4.98 Å². The highest BCUT2D eigenvalue weighted by Crippen LogP contribution is 2.24. The lowest BCUT2D eigenvalue weighted by atomic mass is 10.0. The molecule has 0 aliphatic rings. The summed E-state index contributed by atoms with van der Waals surface area (Å²) in [5.74, 6) is -0.267. The van der Waals surface area contributed by atoms with Crippen molar-refractivity contribution in [3.05, 3.63) is 89.0 Å². The molecule has 4 rings (SSSR count). The fourth-order valence-corrected chi connectivity index (χ4v) is 3.41. The molecule has 0 saturated carbocycles. The molecule has 0 aliphatic heterocycles. The first-order chi connectivity index (χ1) is 14.5. The molecule has 0 aliphatic carbocycles. The number of oxazole rings is 1. The summed E-state index contributed by atoms with van der Waals surface area (Å²) in [5.41, 5.74) is 4.27. The van der Waals surface area contributed by atoms with Crippen LogP contribution in [0.25, 0.3) is 11.1 Å². The van der Waals surface area contributed by atoms with Gasteiger partial charge in [-0.3, -0.25) is 0 Å². The fraction of sp³-hybridized carbons (Fsp3) is 0.167. The maximum absolute atomic E-state index is 11.6. The van der Waals surface area contributed by atoms with Gasteiger partial charge in [-0.2, -0.15) is 4.98 Å². The van der Waals surface area contributed by atoms with E-state index in [-0.39, 0.29) is 6.61 Å². The van der Waals surface area contributed by atoms with Crippen LogP contribution in [0.1, 0.15) is 27.0 Å². The zero-order valence-corrected chi connectivity index (χ0v) is 16.8. The Hall–Kier alpha value is -3.80. The van der Waals surface area contributed by atoms with Crippen molar-refractivity contribution in [3.8, 4) is 5.75 Å². The number of aromatic nitrogens is 1. The molecule has 1 aromatic heterocycles. The number of ether oxygens (including phenoxy) is 1. The summed E-state index contributed by atoms with van der Waals surface area (Å²) in [7, 11) is 1.92. The number of anilines is 1. The van der Waals surface area contributed by atoms with Gasteiger partial charge in [-0.15, -0.1) is 0 Å². The third kappa shape index (κ3) is 4.12. The summed E-state index contributed by atoms with van der Waals surface area (Å²) in [6.07, 6.45) is 0. The standard InChI is InChI=1S/C24H22N2O4/c1-16-7-5-9-18(22(16)23(27)28)15-29-19-10-6-8-17(13-19)14-26(2)24-25-20-11-3-4-12-21(20)30-24/h3-13H,14-15H2,1-2H3,(H,27,28). The van der Waals surface area contributed by atoms with Gasteiger partial charge in [-0.05, 0) is 42.3 Å². The lowest BCUT2D eigenvalue weighted by Crippen LogP contribution is -2.16. The second-order valence-electron chi connectivity index (χ2n) is 7.17. The number of para-hydroxylation sites is 2. The molecule has 6 heteroatoms. The molecule has 4 aromatic rings. The van der Waals surface area contributed by atoms with Gasteiger partial charge in [-0.1, -0.05) is 42.5 Å². The Bertz CT molecular complexity index is 1170. The third-order valence-electron chi connectivity index (χ3n) is 4.89. The SMILES string of the molecule is Cc1cccc(COc2cccc(CN(C)c3nc4ccccc4o3)c2)c1C(=O)O. The van der Waals surface area contributed by atoms with Crippen molar-refractivity contribution >= 4 is 23.1 Å². The monoisotopic (exact) mass is 402 g/mol. The van der Waals surface area contributed by atoms with E-state index >= 15 is 0 Å². The second-order valence-corrected chi connectivity index (χ2v) is 7.17. The number of fused-ring (bicyclic) bond motifs is 1. The first-order valence-corrected chi connectivity index (χ1v) is 9.61. The molecule has 0 atom stereocenters. The van der Waals surface area contributed by atoms with Crippen LogP contribution in [0.2, 0.25) is 0 Å². The summed E-state index contributed by atoms with van der Waals surface area (Å²) in [6.45, 7) is 2.57. The van der Waals surface area contributed by atoms with Crippen molar-refractivity contribution in [1.29, 1.82) is 0 Å². The first kappa shape index (κ1) is 19.5. The second kappa shape index (κ2) is 8.29. The van der Waals surface area contributed by atoms with Crippen molar-refractivity contribution in [2.75, 3.05) is 11.9 Å². The molecule has 0 fully saturated rings. The van der Waals surface area contributed by atoms with Gasteiger partial charge in [0, 0.05) is 19.2 Å². The number of benzene rings is 3. The van der Waals surface area contributed by atoms with Crippen LogP contribution in [0.3, 0.4) is 0 Å². The summed E-state index contributed by atoms with van der Waals surface area (Å²) >= 11 is 0. The number of aryl methyl sites for hydroxylation is 1. The molecule has 1 heterocycles. The zero-order valence-electron chi connectivity index (χ0n) is 16.8. The number of hydrogen-bond donors (Lipinski definition) is 1. The van der Waals surface area contributed by atoms with Crippen LogP contribution in [0.4, 0.5) is 6.01 Å². The van der Waals surface area contributed by atoms with Crippen LogP contribution < -0.4 is 9.64 Å². The fourth-order valence-electron chi connectivity index (χ4n) is 3.41. The Labute approximate surface area is 174 Å². The van der Waals surface area contributed by atoms with Gasteiger partial charge in [0.2, 0.25) is 0 Å². The molecule has 30 heavy (non-hydrogen) atoms. The minimum atomic E-state index is -0.944. The Morgan fingerprint density at radius 2 is 1.90 bits per heavy atom. The van der Waals surface area contributed by atoms with Crippen LogP contribution in [0, 0.1) is 6.92 Å². The zero-order chi connectivity index (χ0) is 21.1. The Kier molecular flexibility index (Phi) is 5.39. The average molecular weight is 402 g/mol. The quantitative estimate of drug-likeness (QED) is 0.466. The number of nitrogens with zero attached hydrogens (tertiary/aromatic N) is 2. The van der Waals surface area contributed by atoms with Crippen molar-refractivity contribution in [2.24, 2.45) is 0 Å². The summed E-state index contributed by atoms with van der Waals surface area (Å²) < 4.78 is 11.7. The van der Waals surface area contributed by atoms with Crippen molar-refractivity contribution in [1.82, 2.24) is 4.98 Å². The van der Waals surface area contributed by atoms with E-state index < -0.39 is 5.97 Å². The van der Waals surface area contributed by atoms with Gasteiger partial charge in [0.25, 0.3) is 6.01 Å². The van der Waals surface area contributed by atoms with Crippen LogP contribution in [0.15, 0.2) is 71.1 Å². The van der Waals surface area contributed by atoms with Gasteiger partial charge >= 0.3 is 5.97 Å². The van der Waals surface area contributed by atoms with Crippen LogP contribution in [-0.4, -0.2) is 23.1 Å². The van der Waals surface area contributed by atoms with E-state index in [4.69, 9.17) is 9.15 Å². The number of hydrogen-bond acceptors (Lipinski definition) is 5. The third-order valence-corrected chi connectivity index (χ3v) is 4.89. The molecule has 6 nitrogen and oxygen atoms in total. The molecule has 0 unspecified atom stereocenters. The van der Waals surface area contributed by atoms with Gasteiger partial charge in [0.1, 0.15) is 17.9 Å². The first-order valence-electron chi connectivity index (χ1n) is 9.61. The largest absolute Gasteiger partial charge is 0.489 e. The lowest BCUT2D eigenvalue weighted by Gasteiger charge is -2.15. The minimum absolute atomic E-state index is 0.188. The minimum Gasteiger partial charge on any atom is -0.489 e. The summed E-state index contributed by atoms with van der Waals surface area (Å²) in [5, 5.41) is 9.47. The lowest BCUT2D eigenvalue weighted by molar-refractivity contribution is 0.0693. The molecule has 0 spiro atoms. The highest BCUT2D eigenvalue weighted by Gasteiger charge is 2.14. The highest BCUT2D eigenvalue weighted by atomic mass is 16.5. The number of rotatable bonds is 7. The van der Waals surface area contributed by atoms with E-state index in [1.54, 1.807) is 19.1 Å². The van der Waals surface area contributed by atoms with Gasteiger partial charge in [0.05, 0.1) is 5.56 Å². The Balaban J connectivity index is 1.47. The summed E-state index contributed by atoms with van der Waals surface area (Å²) in [4.78, 5) is 18.0. The Morgan fingerprint density at radius 1 is 1.10 bits per heavy atom. The molecule has 0 amide bonds. The predicted molar refractivity (Wildman–Crippen MR) is 115 cm³/mol. The molecule has 0 radical (unpaired) electrons. The normalized spacial score (nSPS) is 10.9. The maximum Gasteiger partial charge on any atom is 0.336 e. The van der Waals surface area contributed by atoms with E-state index in [1.165, 1.54) is 0 Å². The molecular weight excluding hydrogens is 380 g/mol. The van der Waals surface area contributed by atoms with Crippen molar-refractivity contribution < 1.29 is 19.1 Å². The number of carbonyl (C=O) groups is 1. The van der Waals surface area contributed by atoms with Gasteiger partial charge in [-0.25, -0.2) is 4.79 Å². The van der Waals surface area contributed by atoms with Gasteiger partial charge < -0.3 is 19.2 Å². The van der Waals surface area contributed by atoms with Crippen LogP contribution >= 0.6 is 0 Å². The van der Waals surface area contributed by atoms with Crippen LogP contribution in [-0.2, 0) is 13.2 Å². The van der Waals surface area contributed by atoms with E-state index in [1.807, 2.05) is 66.5 Å². The molecule has 1 N–H and O–H groups in total. The maximum atomic E-state index is 11.6. The topological polar surface area (TPSA) is 75.8 Å². The van der Waals surface area contributed by atoms with E-state index in [0.29, 0.717) is 29.4 Å². The Morgan fingerprint density at radius 3 is 2.70 bits per heavy atom. The van der Waals surface area contributed by atoms with Crippen molar-refractivity contribution in [3.63, 3.8) is 0 Å². The molecule has 3 aromatic carbocycles. The molecule has 152 valence electrons. The van der Waals surface area contributed by atoms with Gasteiger partial charge in [0.15, 0.2) is 5.58 Å². The average Bonchev–Trinajstić information content (AvgIpc) is 3.17. The van der Waals surface area contributed by atoms with E-state index in [0.717, 1.165) is 22.2 Å². The van der Waals surface area contributed by atoms with Crippen molar-refractivity contribution in [2.45, 2.75) is 20.1 Å². The number of carboxylic acids is 1. The predicted octanol–water partition coefficient (Wildman–Crippen LogP) is 5.05. The molecule has 0 bridgehead atoms. The van der Waals surface area contributed by atoms with Crippen LogP contribution in [0.5, 0.6) is 5.75 Å². The summed E-state index contributed by atoms with van der Waals surface area (Å²) in [6, 6.07) is 21.3. The highest BCUT2D eigenvalue weighted by molar-refractivity contribution is 5.91. The molecule has 0 saturated heterocycles. The smallest absolute Gasteiger partial charge is 0.336 e.